The van der Waals surface area contributed by atoms with Gasteiger partial charge >= 0.3 is 0 Å². The Bertz CT molecular complexity index is 1120. The Morgan fingerprint density at radius 1 is 1.06 bits per heavy atom. The summed E-state index contributed by atoms with van der Waals surface area (Å²) >= 11 is 3.88. The number of alkyl halides is 1. The summed E-state index contributed by atoms with van der Waals surface area (Å²) in [5, 5.41) is 39.4. The number of nitrogens with one attached hydrogen (secondary N) is 2. The second kappa shape index (κ2) is 16.5. The molecule has 6 aliphatic rings. The van der Waals surface area contributed by atoms with E-state index in [9.17, 15) is 24.9 Å². The van der Waals surface area contributed by atoms with Gasteiger partial charge in [0.1, 0.15) is 12.1 Å². The van der Waals surface area contributed by atoms with Gasteiger partial charge in [-0.25, -0.2) is 0 Å². The van der Waals surface area contributed by atoms with Crippen molar-refractivity contribution in [3.05, 3.63) is 0 Å². The molecule has 0 spiro atoms. The van der Waals surface area contributed by atoms with Crippen LogP contribution in [0, 0.1) is 58.7 Å². The van der Waals surface area contributed by atoms with Gasteiger partial charge < -0.3 is 30.7 Å². The average molecular weight is 757 g/mol. The molecular formula is C38H66BrN3O7. The highest BCUT2D eigenvalue weighted by atomic mass is 79.9. The summed E-state index contributed by atoms with van der Waals surface area (Å²) in [6.45, 7) is 13.0. The van der Waals surface area contributed by atoms with Crippen molar-refractivity contribution in [2.45, 2.75) is 141 Å². The van der Waals surface area contributed by atoms with E-state index in [0.717, 1.165) is 51.4 Å². The fourth-order valence-corrected chi connectivity index (χ4v) is 12.0. The molecule has 0 aromatic heterocycles. The summed E-state index contributed by atoms with van der Waals surface area (Å²) in [5.74, 6) is 1.79. The molecule has 5 aliphatic carbocycles. The smallest absolute Gasteiger partial charge is 0.240 e. The quantitative estimate of drug-likeness (QED) is 0.176. The number of halogens is 1. The molecule has 49 heavy (non-hydrogen) atoms. The first-order chi connectivity index (χ1) is 23.2. The number of amides is 2. The van der Waals surface area contributed by atoms with E-state index in [1.807, 2.05) is 0 Å². The van der Waals surface area contributed by atoms with Crippen LogP contribution in [-0.2, 0) is 19.2 Å². The van der Waals surface area contributed by atoms with Gasteiger partial charge in [0.05, 0.1) is 31.5 Å². The van der Waals surface area contributed by atoms with Gasteiger partial charge in [-0.1, -0.05) is 57.0 Å². The van der Waals surface area contributed by atoms with Gasteiger partial charge in [0.15, 0.2) is 0 Å². The molecule has 1 saturated heterocycles. The molecule has 0 aromatic carbocycles. The molecule has 2 bridgehead atoms. The Morgan fingerprint density at radius 3 is 2.39 bits per heavy atom. The van der Waals surface area contributed by atoms with Crippen molar-refractivity contribution in [3.8, 4) is 0 Å². The summed E-state index contributed by atoms with van der Waals surface area (Å²) in [6.07, 6.45) is 6.84. The predicted molar refractivity (Wildman–Crippen MR) is 192 cm³/mol. The maximum Gasteiger partial charge on any atom is 0.240 e. The number of carbonyl (C=O) groups is 2. The second-order valence-corrected chi connectivity index (χ2v) is 18.9. The summed E-state index contributed by atoms with van der Waals surface area (Å²) in [4.78, 5) is 34.2. The number of hydroxylamine groups is 2. The number of hydrogen-bond donors (Lipinski definition) is 5. The van der Waals surface area contributed by atoms with Crippen LogP contribution in [0.1, 0.15) is 99.3 Å². The van der Waals surface area contributed by atoms with Gasteiger partial charge in [-0.15, -0.1) is 0 Å². The number of hydrogen-bond acceptors (Lipinski definition) is 8. The Balaban J connectivity index is 1.29. The maximum atomic E-state index is 14.2. The van der Waals surface area contributed by atoms with Crippen LogP contribution in [0.25, 0.3) is 0 Å². The zero-order chi connectivity index (χ0) is 35.8. The lowest BCUT2D eigenvalue weighted by Crippen LogP contribution is -2.62. The minimum Gasteiger partial charge on any atom is -0.394 e. The summed E-state index contributed by atoms with van der Waals surface area (Å²) in [6, 6.07) is -0.856. The number of aliphatic hydroxyl groups excluding tert-OH is 3. The van der Waals surface area contributed by atoms with Crippen LogP contribution in [0.2, 0.25) is 0 Å². The maximum absolute atomic E-state index is 14.2. The molecular weight excluding hydrogens is 690 g/mol. The molecule has 8 unspecified atom stereocenters. The normalized spacial score (nSPS) is 41.9. The first-order valence-electron chi connectivity index (χ1n) is 19.3. The van der Waals surface area contributed by atoms with Crippen LogP contribution in [0.5, 0.6) is 0 Å². The standard InChI is InChI=1S/C38H66BrN3O7/c1-20(2)11-28(18-43)40-36(46)25-12-24(13-27(39)14-25)29-10-8-9-23(35(29)48-7)17-42-34(33(22(4)45)32(19-44)49-42)37(47)41-31-16-26-15-30(21(31)3)38(26,5)6/h20-35,43-45H,8-19H2,1-7H3,(H,40,46)(H,41,47)/t21-,22-,23?,24?,25?,26?,27?,28-,29?,30-,31-,32-,33+,34?,35?/m0/s1. The summed E-state index contributed by atoms with van der Waals surface area (Å²) in [7, 11) is 1.77. The van der Waals surface area contributed by atoms with Crippen LogP contribution in [0.15, 0.2) is 0 Å². The molecule has 1 heterocycles. The largest absolute Gasteiger partial charge is 0.394 e. The van der Waals surface area contributed by atoms with Crippen LogP contribution >= 0.6 is 15.9 Å². The first-order valence-corrected chi connectivity index (χ1v) is 20.2. The fourth-order valence-electron chi connectivity index (χ4n) is 11.0. The molecule has 6 fully saturated rings. The topological polar surface area (TPSA) is 141 Å². The molecule has 282 valence electrons. The minimum absolute atomic E-state index is 0.0295. The molecule has 0 aromatic rings. The van der Waals surface area contributed by atoms with E-state index >= 15 is 0 Å². The number of carbonyl (C=O) groups excluding carboxylic acids is 2. The Labute approximate surface area is 303 Å². The van der Waals surface area contributed by atoms with Gasteiger partial charge in [-0.05, 0) is 99.2 Å². The average Bonchev–Trinajstić information content (AvgIpc) is 3.43. The molecule has 6 rings (SSSR count). The second-order valence-electron chi connectivity index (χ2n) is 17.6. The SMILES string of the molecule is COC1C(CN2O[C@@H](CO)[C@@H]([C@H](C)O)C2C(=O)N[C@H]2CC3C[C@@H]([C@@H]2C)C3(C)C)CCCC1C1CC(Br)CC(C(=O)N[C@H](CO)CC(C)C)C1. The predicted octanol–water partition coefficient (Wildman–Crippen LogP) is 4.28. The van der Waals surface area contributed by atoms with E-state index in [0.29, 0.717) is 35.6 Å². The van der Waals surface area contributed by atoms with Crippen LogP contribution in [0.3, 0.4) is 0 Å². The number of fused-ring (bicyclic) bond motifs is 2. The minimum atomic E-state index is -0.835. The van der Waals surface area contributed by atoms with Gasteiger partial charge in [-0.3, -0.25) is 14.4 Å². The van der Waals surface area contributed by atoms with Crippen LogP contribution < -0.4 is 10.6 Å². The van der Waals surface area contributed by atoms with E-state index in [1.54, 1.807) is 19.1 Å². The molecule has 5 saturated carbocycles. The highest BCUT2D eigenvalue weighted by Gasteiger charge is 2.58. The van der Waals surface area contributed by atoms with Crippen molar-refractivity contribution < 1.29 is 34.5 Å². The van der Waals surface area contributed by atoms with E-state index in [-0.39, 0.29) is 71.7 Å². The van der Waals surface area contributed by atoms with Crippen molar-refractivity contribution in [1.29, 1.82) is 0 Å². The number of nitrogens with zero attached hydrogens (tertiary/aromatic N) is 1. The number of methoxy groups -OCH3 is 1. The molecule has 11 heteroatoms. The molecule has 10 nitrogen and oxygen atoms in total. The van der Waals surface area contributed by atoms with Gasteiger partial charge in [0.2, 0.25) is 11.8 Å². The van der Waals surface area contributed by atoms with Crippen molar-refractivity contribution in [2.75, 3.05) is 26.9 Å². The van der Waals surface area contributed by atoms with Crippen LogP contribution in [-0.4, -0.2) is 100 Å². The molecule has 0 radical (unpaired) electrons. The van der Waals surface area contributed by atoms with E-state index < -0.39 is 24.2 Å². The van der Waals surface area contributed by atoms with Crippen molar-refractivity contribution >= 4 is 27.7 Å². The third-order valence-corrected chi connectivity index (χ3v) is 14.5. The van der Waals surface area contributed by atoms with E-state index in [4.69, 9.17) is 9.57 Å². The van der Waals surface area contributed by atoms with E-state index in [1.165, 1.54) is 6.42 Å². The number of rotatable bonds is 13. The van der Waals surface area contributed by atoms with E-state index in [2.05, 4.69) is 61.2 Å². The third-order valence-electron chi connectivity index (χ3n) is 13.7. The Morgan fingerprint density at radius 2 is 1.80 bits per heavy atom. The van der Waals surface area contributed by atoms with Gasteiger partial charge in [0.25, 0.3) is 0 Å². The Kier molecular flexibility index (Phi) is 13.2. The van der Waals surface area contributed by atoms with Gasteiger partial charge in [0, 0.05) is 42.3 Å². The highest BCUT2D eigenvalue weighted by molar-refractivity contribution is 9.09. The van der Waals surface area contributed by atoms with Crippen LogP contribution in [0.4, 0.5) is 0 Å². The number of aliphatic hydroxyl groups is 3. The molecule has 2 amide bonds. The summed E-state index contributed by atoms with van der Waals surface area (Å²) < 4.78 is 6.30. The number of ether oxygens (including phenoxy) is 1. The third kappa shape index (κ3) is 8.38. The van der Waals surface area contributed by atoms with Crippen molar-refractivity contribution in [1.82, 2.24) is 15.7 Å². The van der Waals surface area contributed by atoms with Crippen molar-refractivity contribution in [3.63, 3.8) is 0 Å². The fraction of sp³-hybridized carbons (Fsp3) is 0.947. The molecule has 5 N–H and O–H groups in total. The van der Waals surface area contributed by atoms with Gasteiger partial charge in [-0.2, -0.15) is 5.06 Å². The molecule has 15 atom stereocenters. The molecule has 1 aliphatic heterocycles. The van der Waals surface area contributed by atoms with Crippen molar-refractivity contribution in [2.24, 2.45) is 58.7 Å². The lowest BCUT2D eigenvalue weighted by Gasteiger charge is -2.62. The lowest BCUT2D eigenvalue weighted by molar-refractivity contribution is -0.193. The Hall–Kier alpha value is -0.820. The summed E-state index contributed by atoms with van der Waals surface area (Å²) in [5.41, 5.74) is 0.312. The monoisotopic (exact) mass is 755 g/mol. The highest BCUT2D eigenvalue weighted by Crippen LogP contribution is 2.61. The first kappa shape index (κ1) is 39.4. The zero-order valence-corrected chi connectivity index (χ0v) is 32.6. The lowest BCUT2D eigenvalue weighted by atomic mass is 9.45. The zero-order valence-electron chi connectivity index (χ0n) is 31.0.